The molecule has 0 aliphatic rings. The van der Waals surface area contributed by atoms with Crippen LogP contribution in [-0.4, -0.2) is 24.7 Å². The first-order valence-corrected chi connectivity index (χ1v) is 8.29. The van der Waals surface area contributed by atoms with Gasteiger partial charge in [0.05, 0.1) is 35.0 Å². The summed E-state index contributed by atoms with van der Waals surface area (Å²) in [5.74, 6) is 0.619. The number of fused-ring (bicyclic) bond motifs is 1. The first-order chi connectivity index (χ1) is 11.5. The summed E-state index contributed by atoms with van der Waals surface area (Å²) in [4.78, 5) is 17.4. The second kappa shape index (κ2) is 6.67. The molecule has 1 aromatic heterocycles. The first-order valence-electron chi connectivity index (χ1n) is 7.10. The number of ether oxygens (including phenoxy) is 2. The molecule has 0 atom stereocenters. The zero-order valence-corrected chi connectivity index (χ0v) is 14.9. The molecule has 0 unspecified atom stereocenters. The fourth-order valence-corrected chi connectivity index (χ4v) is 3.79. The molecule has 1 amide bonds. The van der Waals surface area contributed by atoms with Crippen LogP contribution < -0.4 is 14.3 Å². The van der Waals surface area contributed by atoms with E-state index in [1.165, 1.54) is 18.4 Å². The van der Waals surface area contributed by atoms with Crippen LogP contribution in [0.5, 0.6) is 11.5 Å². The molecule has 0 saturated carbocycles. The molecule has 1 heterocycles. The fraction of sp³-hybridized carbons (Fsp3) is 0.176. The van der Waals surface area contributed by atoms with Gasteiger partial charge in [0.15, 0.2) is 4.80 Å². The molecule has 0 N–H and O–H groups in total. The van der Waals surface area contributed by atoms with Crippen LogP contribution in [0.3, 0.4) is 0 Å². The molecular weight excluding hydrogens is 348 g/mol. The number of halogens is 1. The van der Waals surface area contributed by atoms with E-state index in [9.17, 15) is 4.79 Å². The number of nitrogens with zero attached hydrogens (tertiary/aromatic N) is 2. The summed E-state index contributed by atoms with van der Waals surface area (Å²) in [6.07, 6.45) is 0. The molecule has 124 valence electrons. The summed E-state index contributed by atoms with van der Waals surface area (Å²) < 4.78 is 13.2. The van der Waals surface area contributed by atoms with Crippen LogP contribution in [0.4, 0.5) is 0 Å². The molecule has 0 aliphatic heterocycles. The van der Waals surface area contributed by atoms with E-state index < -0.39 is 5.91 Å². The van der Waals surface area contributed by atoms with Gasteiger partial charge in [-0.2, -0.15) is 4.99 Å². The third kappa shape index (κ3) is 2.90. The molecule has 0 saturated heterocycles. The molecule has 3 rings (SSSR count). The predicted molar refractivity (Wildman–Crippen MR) is 95.2 cm³/mol. The number of benzene rings is 2. The van der Waals surface area contributed by atoms with Gasteiger partial charge in [0, 0.05) is 7.05 Å². The first kappa shape index (κ1) is 16.5. The molecule has 7 heteroatoms. The van der Waals surface area contributed by atoms with Crippen molar-refractivity contribution in [2.24, 2.45) is 12.0 Å². The number of rotatable bonds is 3. The van der Waals surface area contributed by atoms with Crippen LogP contribution in [0.25, 0.3) is 10.2 Å². The highest BCUT2D eigenvalue weighted by molar-refractivity contribution is 7.16. The van der Waals surface area contributed by atoms with Crippen molar-refractivity contribution in [3.8, 4) is 11.5 Å². The highest BCUT2D eigenvalue weighted by Crippen LogP contribution is 2.26. The maximum absolute atomic E-state index is 12.6. The highest BCUT2D eigenvalue weighted by atomic mass is 35.5. The van der Waals surface area contributed by atoms with Crippen molar-refractivity contribution in [2.45, 2.75) is 0 Å². The van der Waals surface area contributed by atoms with Crippen LogP contribution in [0.1, 0.15) is 10.4 Å². The lowest BCUT2D eigenvalue weighted by atomic mass is 10.2. The Hall–Kier alpha value is -2.31. The SMILES string of the molecule is COc1ccc(OC)c(C(=O)N=c2sc3cccc(Cl)c3n2C)c1. The van der Waals surface area contributed by atoms with Crippen molar-refractivity contribution in [3.63, 3.8) is 0 Å². The Labute approximate surface area is 147 Å². The van der Waals surface area contributed by atoms with Gasteiger partial charge in [-0.1, -0.05) is 29.0 Å². The van der Waals surface area contributed by atoms with Gasteiger partial charge >= 0.3 is 0 Å². The molecule has 0 radical (unpaired) electrons. The molecule has 0 bridgehead atoms. The third-order valence-electron chi connectivity index (χ3n) is 3.61. The minimum Gasteiger partial charge on any atom is -0.497 e. The standard InChI is InChI=1S/C17H15ClN2O3S/c1-20-15-12(18)5-4-6-14(15)24-17(20)19-16(21)11-9-10(22-2)7-8-13(11)23-3/h4-9H,1-3H3. The molecule has 2 aromatic carbocycles. The summed E-state index contributed by atoms with van der Waals surface area (Å²) in [5.41, 5.74) is 1.20. The second-order valence-corrected chi connectivity index (χ2v) is 6.43. The van der Waals surface area contributed by atoms with Gasteiger partial charge < -0.3 is 14.0 Å². The van der Waals surface area contributed by atoms with E-state index in [-0.39, 0.29) is 0 Å². The number of aryl methyl sites for hydroxylation is 1. The molecular formula is C17H15ClN2O3S. The van der Waals surface area contributed by atoms with E-state index in [0.717, 1.165) is 10.2 Å². The van der Waals surface area contributed by atoms with E-state index in [4.69, 9.17) is 21.1 Å². The Morgan fingerprint density at radius 1 is 1.21 bits per heavy atom. The highest BCUT2D eigenvalue weighted by Gasteiger charge is 2.14. The van der Waals surface area contributed by atoms with Crippen LogP contribution in [0.15, 0.2) is 41.4 Å². The monoisotopic (exact) mass is 362 g/mol. The van der Waals surface area contributed by atoms with E-state index in [1.54, 1.807) is 25.3 Å². The number of aromatic nitrogens is 1. The third-order valence-corrected chi connectivity index (χ3v) is 5.01. The van der Waals surface area contributed by atoms with Gasteiger partial charge in [0.1, 0.15) is 11.5 Å². The lowest BCUT2D eigenvalue weighted by Crippen LogP contribution is -2.14. The normalized spacial score (nSPS) is 11.8. The molecule has 0 fully saturated rings. The van der Waals surface area contributed by atoms with Crippen molar-refractivity contribution < 1.29 is 14.3 Å². The topological polar surface area (TPSA) is 52.8 Å². The van der Waals surface area contributed by atoms with Gasteiger partial charge in [0.25, 0.3) is 5.91 Å². The van der Waals surface area contributed by atoms with Gasteiger partial charge in [-0.3, -0.25) is 4.79 Å². The average Bonchev–Trinajstić information content (AvgIpc) is 2.91. The average molecular weight is 363 g/mol. The van der Waals surface area contributed by atoms with Gasteiger partial charge in [-0.05, 0) is 30.3 Å². The Balaban J connectivity index is 2.14. The molecule has 5 nitrogen and oxygen atoms in total. The number of thiazole rings is 1. The van der Waals surface area contributed by atoms with Crippen LogP contribution in [-0.2, 0) is 7.05 Å². The Kier molecular flexibility index (Phi) is 4.59. The molecule has 0 spiro atoms. The number of para-hydroxylation sites is 1. The summed E-state index contributed by atoms with van der Waals surface area (Å²) in [6, 6.07) is 10.7. The van der Waals surface area contributed by atoms with Crippen molar-refractivity contribution in [1.82, 2.24) is 4.57 Å². The number of hydrogen-bond donors (Lipinski definition) is 0. The van der Waals surface area contributed by atoms with E-state index in [0.29, 0.717) is 26.9 Å². The van der Waals surface area contributed by atoms with E-state index in [1.807, 2.05) is 29.8 Å². The largest absolute Gasteiger partial charge is 0.497 e. The molecule has 0 aliphatic carbocycles. The lowest BCUT2D eigenvalue weighted by Gasteiger charge is -2.07. The Morgan fingerprint density at radius 2 is 2.00 bits per heavy atom. The Morgan fingerprint density at radius 3 is 2.67 bits per heavy atom. The summed E-state index contributed by atoms with van der Waals surface area (Å²) in [6.45, 7) is 0. The van der Waals surface area contributed by atoms with Crippen LogP contribution >= 0.6 is 22.9 Å². The maximum Gasteiger partial charge on any atom is 0.283 e. The maximum atomic E-state index is 12.6. The summed E-state index contributed by atoms with van der Waals surface area (Å²) in [5, 5.41) is 0.624. The van der Waals surface area contributed by atoms with Crippen molar-refractivity contribution >= 4 is 39.1 Å². The zero-order chi connectivity index (χ0) is 17.3. The smallest absolute Gasteiger partial charge is 0.283 e. The summed E-state index contributed by atoms with van der Waals surface area (Å²) in [7, 11) is 4.89. The number of amides is 1. The van der Waals surface area contributed by atoms with Gasteiger partial charge in [0.2, 0.25) is 0 Å². The number of carbonyl (C=O) groups is 1. The molecule has 3 aromatic rings. The molecule has 24 heavy (non-hydrogen) atoms. The quantitative estimate of drug-likeness (QED) is 0.714. The van der Waals surface area contributed by atoms with Gasteiger partial charge in [-0.15, -0.1) is 0 Å². The van der Waals surface area contributed by atoms with E-state index in [2.05, 4.69) is 4.99 Å². The second-order valence-electron chi connectivity index (χ2n) is 5.01. The zero-order valence-electron chi connectivity index (χ0n) is 13.4. The minimum absolute atomic E-state index is 0.348. The number of carbonyl (C=O) groups excluding carboxylic acids is 1. The number of methoxy groups -OCH3 is 2. The van der Waals surface area contributed by atoms with Crippen LogP contribution in [0, 0.1) is 0 Å². The summed E-state index contributed by atoms with van der Waals surface area (Å²) >= 11 is 7.64. The van der Waals surface area contributed by atoms with Crippen molar-refractivity contribution in [3.05, 3.63) is 51.8 Å². The van der Waals surface area contributed by atoms with Crippen molar-refractivity contribution in [2.75, 3.05) is 14.2 Å². The predicted octanol–water partition coefficient (Wildman–Crippen LogP) is 3.65. The van der Waals surface area contributed by atoms with Crippen LogP contribution in [0.2, 0.25) is 5.02 Å². The van der Waals surface area contributed by atoms with E-state index >= 15 is 0 Å². The van der Waals surface area contributed by atoms with Gasteiger partial charge in [-0.25, -0.2) is 0 Å². The minimum atomic E-state index is -0.399. The Bertz CT molecular complexity index is 991. The fourth-order valence-electron chi connectivity index (χ4n) is 2.39. The lowest BCUT2D eigenvalue weighted by molar-refractivity contribution is 0.0994. The number of hydrogen-bond acceptors (Lipinski definition) is 4. The van der Waals surface area contributed by atoms with Crippen molar-refractivity contribution in [1.29, 1.82) is 0 Å².